The molecule has 3 nitrogen and oxygen atoms in total. The van der Waals surface area contributed by atoms with Gasteiger partial charge in [-0.3, -0.25) is 9.80 Å². The third-order valence-electron chi connectivity index (χ3n) is 5.19. The minimum absolute atomic E-state index is 0.607. The molecule has 0 aromatic heterocycles. The molecule has 1 aromatic rings. The molecule has 1 saturated carbocycles. The van der Waals surface area contributed by atoms with E-state index in [1.165, 1.54) is 57.5 Å². The predicted octanol–water partition coefficient (Wildman–Crippen LogP) is 3.05. The number of rotatable bonds is 5. The predicted molar refractivity (Wildman–Crippen MR) is 89.8 cm³/mol. The molecule has 1 saturated heterocycles. The first-order valence-corrected chi connectivity index (χ1v) is 8.60. The van der Waals surface area contributed by atoms with Gasteiger partial charge in [0.2, 0.25) is 0 Å². The minimum Gasteiger partial charge on any atom is -0.383 e. The van der Waals surface area contributed by atoms with E-state index in [1.807, 2.05) is 0 Å². The molecular formula is C18H29N3. The van der Waals surface area contributed by atoms with Gasteiger partial charge in [-0.15, -0.1) is 0 Å². The Bertz CT molecular complexity index is 406. The maximum atomic E-state index is 3.55. The summed E-state index contributed by atoms with van der Waals surface area (Å²) in [4.78, 5) is 5.38. The SMILES string of the molecule is CC(CNc1ccccc1)N1CCN(C2CCCC2)CC1. The van der Waals surface area contributed by atoms with Crippen LogP contribution >= 0.6 is 0 Å². The molecule has 3 rings (SSSR count). The number of hydrogen-bond donors (Lipinski definition) is 1. The Morgan fingerprint density at radius 2 is 1.71 bits per heavy atom. The van der Waals surface area contributed by atoms with Gasteiger partial charge in [-0.05, 0) is 31.9 Å². The van der Waals surface area contributed by atoms with Crippen LogP contribution in [0.5, 0.6) is 0 Å². The molecule has 1 aromatic carbocycles. The molecule has 1 N–H and O–H groups in total. The highest BCUT2D eigenvalue weighted by atomic mass is 15.3. The molecule has 1 aliphatic carbocycles. The van der Waals surface area contributed by atoms with Crippen LogP contribution in [0.4, 0.5) is 5.69 Å². The summed E-state index contributed by atoms with van der Waals surface area (Å²) in [5, 5.41) is 3.55. The van der Waals surface area contributed by atoms with Crippen molar-refractivity contribution in [3.8, 4) is 0 Å². The molecular weight excluding hydrogens is 258 g/mol. The average Bonchev–Trinajstić information content (AvgIpc) is 3.08. The van der Waals surface area contributed by atoms with Crippen LogP contribution < -0.4 is 5.32 Å². The van der Waals surface area contributed by atoms with Crippen LogP contribution in [-0.4, -0.2) is 54.6 Å². The number of hydrogen-bond acceptors (Lipinski definition) is 3. The molecule has 2 fully saturated rings. The summed E-state index contributed by atoms with van der Waals surface area (Å²) in [7, 11) is 0. The van der Waals surface area contributed by atoms with E-state index in [2.05, 4.69) is 52.4 Å². The monoisotopic (exact) mass is 287 g/mol. The van der Waals surface area contributed by atoms with Gasteiger partial charge in [0.05, 0.1) is 0 Å². The topological polar surface area (TPSA) is 18.5 Å². The van der Waals surface area contributed by atoms with Crippen molar-refractivity contribution in [2.24, 2.45) is 0 Å². The van der Waals surface area contributed by atoms with E-state index in [-0.39, 0.29) is 0 Å². The van der Waals surface area contributed by atoms with Crippen molar-refractivity contribution in [3.05, 3.63) is 30.3 Å². The molecule has 21 heavy (non-hydrogen) atoms. The standard InChI is InChI=1S/C18H29N3/c1-16(15-19-17-7-3-2-4-8-17)20-11-13-21(14-12-20)18-9-5-6-10-18/h2-4,7-8,16,18-19H,5-6,9-15H2,1H3. The lowest BCUT2D eigenvalue weighted by molar-refractivity contribution is 0.0784. The highest BCUT2D eigenvalue weighted by Crippen LogP contribution is 2.24. The van der Waals surface area contributed by atoms with Gasteiger partial charge in [0.1, 0.15) is 0 Å². The maximum absolute atomic E-state index is 3.55. The van der Waals surface area contributed by atoms with Gasteiger partial charge in [-0.2, -0.15) is 0 Å². The summed E-state index contributed by atoms with van der Waals surface area (Å²) < 4.78 is 0. The van der Waals surface area contributed by atoms with Crippen LogP contribution in [0.15, 0.2) is 30.3 Å². The lowest BCUT2D eigenvalue weighted by Crippen LogP contribution is -2.53. The Labute approximate surface area is 129 Å². The first-order valence-electron chi connectivity index (χ1n) is 8.60. The zero-order valence-corrected chi connectivity index (χ0v) is 13.3. The first-order chi connectivity index (χ1) is 10.3. The van der Waals surface area contributed by atoms with Crippen molar-refractivity contribution in [2.45, 2.75) is 44.7 Å². The van der Waals surface area contributed by atoms with Gasteiger partial charge in [-0.25, -0.2) is 0 Å². The van der Waals surface area contributed by atoms with Crippen LogP contribution in [0.3, 0.4) is 0 Å². The van der Waals surface area contributed by atoms with E-state index in [9.17, 15) is 0 Å². The highest BCUT2D eigenvalue weighted by Gasteiger charge is 2.27. The summed E-state index contributed by atoms with van der Waals surface area (Å²) in [5.41, 5.74) is 1.23. The van der Waals surface area contributed by atoms with E-state index in [1.54, 1.807) is 0 Å². The Morgan fingerprint density at radius 1 is 1.05 bits per heavy atom. The Morgan fingerprint density at radius 3 is 2.38 bits per heavy atom. The van der Waals surface area contributed by atoms with Crippen molar-refractivity contribution in [1.82, 2.24) is 9.80 Å². The van der Waals surface area contributed by atoms with Crippen molar-refractivity contribution < 1.29 is 0 Å². The van der Waals surface area contributed by atoms with Crippen molar-refractivity contribution in [2.75, 3.05) is 38.0 Å². The molecule has 116 valence electrons. The van der Waals surface area contributed by atoms with Gasteiger partial charge >= 0.3 is 0 Å². The van der Waals surface area contributed by atoms with Gasteiger partial charge in [0, 0.05) is 50.5 Å². The first kappa shape index (κ1) is 14.9. The second-order valence-corrected chi connectivity index (χ2v) is 6.61. The quantitative estimate of drug-likeness (QED) is 0.898. The van der Waals surface area contributed by atoms with E-state index in [0.29, 0.717) is 6.04 Å². The smallest absolute Gasteiger partial charge is 0.0340 e. The molecule has 0 bridgehead atoms. The number of anilines is 1. The maximum Gasteiger partial charge on any atom is 0.0340 e. The van der Waals surface area contributed by atoms with E-state index in [0.717, 1.165) is 12.6 Å². The van der Waals surface area contributed by atoms with Crippen LogP contribution in [0.1, 0.15) is 32.6 Å². The van der Waals surface area contributed by atoms with E-state index < -0.39 is 0 Å². The number of nitrogens with one attached hydrogen (secondary N) is 1. The molecule has 1 atom stereocenters. The molecule has 0 amide bonds. The summed E-state index contributed by atoms with van der Waals surface area (Å²) in [6.45, 7) is 8.37. The van der Waals surface area contributed by atoms with Gasteiger partial charge in [0.15, 0.2) is 0 Å². The summed E-state index contributed by atoms with van der Waals surface area (Å²) in [6.07, 6.45) is 5.76. The molecule has 1 aliphatic heterocycles. The Hall–Kier alpha value is -1.06. The fourth-order valence-electron chi connectivity index (χ4n) is 3.76. The number of nitrogens with zero attached hydrogens (tertiary/aromatic N) is 2. The fourth-order valence-corrected chi connectivity index (χ4v) is 3.76. The molecule has 3 heteroatoms. The zero-order chi connectivity index (χ0) is 14.5. The molecule has 1 heterocycles. The van der Waals surface area contributed by atoms with Crippen LogP contribution in [0.2, 0.25) is 0 Å². The van der Waals surface area contributed by atoms with Crippen LogP contribution in [0.25, 0.3) is 0 Å². The van der Waals surface area contributed by atoms with Crippen LogP contribution in [0, 0.1) is 0 Å². The van der Waals surface area contributed by atoms with Crippen LogP contribution in [-0.2, 0) is 0 Å². The largest absolute Gasteiger partial charge is 0.383 e. The van der Waals surface area contributed by atoms with E-state index in [4.69, 9.17) is 0 Å². The van der Waals surface area contributed by atoms with E-state index >= 15 is 0 Å². The normalized spacial score (nSPS) is 23.3. The number of para-hydroxylation sites is 1. The average molecular weight is 287 g/mol. The highest BCUT2D eigenvalue weighted by molar-refractivity contribution is 5.42. The Kier molecular flexibility index (Phi) is 5.15. The third-order valence-corrected chi connectivity index (χ3v) is 5.19. The molecule has 0 spiro atoms. The van der Waals surface area contributed by atoms with Gasteiger partial charge in [0.25, 0.3) is 0 Å². The minimum atomic E-state index is 0.607. The summed E-state index contributed by atoms with van der Waals surface area (Å²) in [5.74, 6) is 0. The zero-order valence-electron chi connectivity index (χ0n) is 13.3. The lowest BCUT2D eigenvalue weighted by atomic mass is 10.1. The molecule has 2 aliphatic rings. The van der Waals surface area contributed by atoms with Crippen molar-refractivity contribution in [3.63, 3.8) is 0 Å². The van der Waals surface area contributed by atoms with Gasteiger partial charge < -0.3 is 5.32 Å². The molecule has 0 radical (unpaired) electrons. The number of benzene rings is 1. The molecule has 1 unspecified atom stereocenters. The summed E-state index contributed by atoms with van der Waals surface area (Å²) >= 11 is 0. The number of piperazine rings is 1. The van der Waals surface area contributed by atoms with Crippen molar-refractivity contribution in [1.29, 1.82) is 0 Å². The second-order valence-electron chi connectivity index (χ2n) is 6.61. The lowest BCUT2D eigenvalue weighted by Gasteiger charge is -2.40. The van der Waals surface area contributed by atoms with Gasteiger partial charge in [-0.1, -0.05) is 31.0 Å². The summed E-state index contributed by atoms with van der Waals surface area (Å²) in [6, 6.07) is 12.0. The van der Waals surface area contributed by atoms with Crippen molar-refractivity contribution >= 4 is 5.69 Å². The Balaban J connectivity index is 1.41. The second kappa shape index (κ2) is 7.28. The fraction of sp³-hybridized carbons (Fsp3) is 0.667. The third kappa shape index (κ3) is 3.98.